The van der Waals surface area contributed by atoms with Gasteiger partial charge in [0.1, 0.15) is 0 Å². The second-order valence-electron chi connectivity index (χ2n) is 7.12. The minimum absolute atomic E-state index is 0.164. The van der Waals surface area contributed by atoms with Crippen molar-refractivity contribution in [1.29, 1.82) is 0 Å². The Morgan fingerprint density at radius 2 is 1.57 bits per heavy atom. The Hall–Kier alpha value is -0.866. The number of hydrogen-bond donors (Lipinski definition) is 0. The van der Waals surface area contributed by atoms with Crippen LogP contribution in [0.3, 0.4) is 0 Å². The Morgan fingerprint density at radius 3 is 2.22 bits per heavy atom. The van der Waals surface area contributed by atoms with Crippen LogP contribution < -0.4 is 0 Å². The molecule has 126 valence electrons. The molecule has 3 aliphatic rings. The fourth-order valence-corrected chi connectivity index (χ4v) is 9.52. The first-order chi connectivity index (χ1) is 10.9. The topological polar surface area (TPSA) is 52.6 Å². The van der Waals surface area contributed by atoms with Gasteiger partial charge < -0.3 is 0 Å². The zero-order valence-electron chi connectivity index (χ0n) is 14.4. The second-order valence-corrected chi connectivity index (χ2v) is 12.0. The first kappa shape index (κ1) is 17.0. The number of rotatable bonds is 3. The van der Waals surface area contributed by atoms with E-state index in [1.165, 1.54) is 50.7 Å². The van der Waals surface area contributed by atoms with Crippen LogP contribution in [0.25, 0.3) is 0 Å². The van der Waals surface area contributed by atoms with E-state index in [2.05, 4.69) is 0 Å². The van der Waals surface area contributed by atoms with Crippen LogP contribution in [0.5, 0.6) is 0 Å². The molecule has 5 heteroatoms. The Balaban J connectivity index is 1.93. The average molecular weight is 354 g/mol. The van der Waals surface area contributed by atoms with Crippen molar-refractivity contribution in [3.63, 3.8) is 0 Å². The maximum atomic E-state index is 11.6. The molecule has 0 bridgehead atoms. The van der Waals surface area contributed by atoms with Crippen LogP contribution in [0.4, 0.5) is 0 Å². The van der Waals surface area contributed by atoms with E-state index < -0.39 is 17.4 Å². The van der Waals surface area contributed by atoms with Crippen LogP contribution in [-0.4, -0.2) is 11.9 Å². The van der Waals surface area contributed by atoms with Crippen molar-refractivity contribution in [2.45, 2.75) is 74.7 Å². The van der Waals surface area contributed by atoms with Gasteiger partial charge in [0.25, 0.3) is 0 Å². The molecule has 0 fully saturated rings. The van der Waals surface area contributed by atoms with Crippen LogP contribution in [0.2, 0.25) is 9.45 Å². The third kappa shape index (κ3) is 3.34. The SMILES string of the molecule is CC(=O)[O][Ti]([CH3])([O]C(C)=O)[CH]1CCCC2=C1CC1=C2CCCC1. The molecule has 4 nitrogen and oxygen atoms in total. The standard InChI is InChI=1S/C13H17.2C2H4O2.CH3.Ti/c1-3-7-12-10(5-1)9-11-6-2-4-8-13(11)12;2*1-2(3)4;;/h5H,1-4,6-9H2;2*1H3,(H,3,4);1H3;/q;;;;+2/p-2. The van der Waals surface area contributed by atoms with Crippen molar-refractivity contribution >= 4 is 11.9 Å². The van der Waals surface area contributed by atoms with Gasteiger partial charge in [-0.1, -0.05) is 0 Å². The number of allylic oxidation sites excluding steroid dienone is 4. The van der Waals surface area contributed by atoms with Gasteiger partial charge >= 0.3 is 142 Å². The van der Waals surface area contributed by atoms with Gasteiger partial charge in [0, 0.05) is 0 Å². The van der Waals surface area contributed by atoms with Gasteiger partial charge in [-0.3, -0.25) is 0 Å². The number of carbonyl (C=O) groups excluding carboxylic acids is 2. The van der Waals surface area contributed by atoms with E-state index in [1.54, 1.807) is 11.1 Å². The molecule has 0 aliphatic heterocycles. The molecule has 0 spiro atoms. The normalized spacial score (nSPS) is 24.2. The molecule has 23 heavy (non-hydrogen) atoms. The van der Waals surface area contributed by atoms with E-state index in [0.29, 0.717) is 0 Å². The van der Waals surface area contributed by atoms with Gasteiger partial charge in [-0.25, -0.2) is 0 Å². The zero-order valence-corrected chi connectivity index (χ0v) is 15.9. The van der Waals surface area contributed by atoms with Crippen molar-refractivity contribution < 1.29 is 33.6 Å². The first-order valence-corrected chi connectivity index (χ1v) is 12.5. The number of fused-ring (bicyclic) bond motifs is 1. The fraction of sp³-hybridized carbons (Fsp3) is 0.667. The van der Waals surface area contributed by atoms with E-state index >= 15 is 0 Å². The summed E-state index contributed by atoms with van der Waals surface area (Å²) in [6.45, 7) is 2.84. The Labute approximate surface area is 142 Å². The molecule has 1 unspecified atom stereocenters. The minimum atomic E-state index is -3.51. The summed E-state index contributed by atoms with van der Waals surface area (Å²) in [5, 5.41) is 1.93. The molecule has 0 amide bonds. The van der Waals surface area contributed by atoms with Gasteiger partial charge in [0.2, 0.25) is 0 Å². The molecular formula is C18H26O4Ti. The molecule has 0 aromatic heterocycles. The number of carbonyl (C=O) groups is 2. The molecule has 3 rings (SSSR count). The molecule has 0 aromatic carbocycles. The summed E-state index contributed by atoms with van der Waals surface area (Å²) < 4.78 is 11.6. The Kier molecular flexibility index (Phi) is 4.84. The van der Waals surface area contributed by atoms with E-state index in [4.69, 9.17) is 6.64 Å². The molecular weight excluding hydrogens is 328 g/mol. The average Bonchev–Trinajstić information content (AvgIpc) is 2.83. The molecule has 0 heterocycles. The quantitative estimate of drug-likeness (QED) is 0.690. The van der Waals surface area contributed by atoms with E-state index in [1.807, 2.05) is 5.23 Å². The Morgan fingerprint density at radius 1 is 0.957 bits per heavy atom. The number of hydrogen-bond acceptors (Lipinski definition) is 4. The zero-order chi connectivity index (χ0) is 16.6. The molecule has 0 radical (unpaired) electrons. The van der Waals surface area contributed by atoms with Gasteiger partial charge in [-0.2, -0.15) is 0 Å². The van der Waals surface area contributed by atoms with E-state index in [9.17, 15) is 9.59 Å². The second kappa shape index (κ2) is 6.56. The van der Waals surface area contributed by atoms with Gasteiger partial charge in [0.05, 0.1) is 0 Å². The first-order valence-electron chi connectivity index (χ1n) is 8.73. The predicted molar refractivity (Wildman–Crippen MR) is 84.1 cm³/mol. The van der Waals surface area contributed by atoms with Crippen LogP contribution in [-0.2, 0) is 33.6 Å². The maximum absolute atomic E-state index is 11.6. The molecule has 0 N–H and O–H groups in total. The third-order valence-electron chi connectivity index (χ3n) is 5.40. The Bertz CT molecular complexity index is 586. The predicted octanol–water partition coefficient (Wildman–Crippen LogP) is 4.69. The van der Waals surface area contributed by atoms with Crippen molar-refractivity contribution in [2.24, 2.45) is 0 Å². The van der Waals surface area contributed by atoms with Crippen molar-refractivity contribution in [3.05, 3.63) is 22.3 Å². The molecule has 3 aliphatic carbocycles. The summed E-state index contributed by atoms with van der Waals surface area (Å²) in [5.41, 5.74) is 6.15. The molecule has 0 aromatic rings. The van der Waals surface area contributed by atoms with Gasteiger partial charge in [0.15, 0.2) is 0 Å². The van der Waals surface area contributed by atoms with Gasteiger partial charge in [-0.15, -0.1) is 0 Å². The summed E-state index contributed by atoms with van der Waals surface area (Å²) in [6, 6.07) is 0. The van der Waals surface area contributed by atoms with Crippen LogP contribution >= 0.6 is 0 Å². The van der Waals surface area contributed by atoms with E-state index in [-0.39, 0.29) is 16.2 Å². The third-order valence-corrected chi connectivity index (χ3v) is 10.5. The van der Waals surface area contributed by atoms with Gasteiger partial charge in [-0.05, 0) is 0 Å². The van der Waals surface area contributed by atoms with Crippen molar-refractivity contribution in [1.82, 2.24) is 0 Å². The molecule has 0 saturated heterocycles. The van der Waals surface area contributed by atoms with Crippen LogP contribution in [0.1, 0.15) is 65.2 Å². The summed E-state index contributed by atoms with van der Waals surface area (Å²) in [7, 11) is 0. The monoisotopic (exact) mass is 354 g/mol. The van der Waals surface area contributed by atoms with E-state index in [0.717, 1.165) is 25.7 Å². The molecule has 0 saturated carbocycles. The fourth-order valence-electron chi connectivity index (χ4n) is 4.67. The summed E-state index contributed by atoms with van der Waals surface area (Å²) in [4.78, 5) is 23.3. The van der Waals surface area contributed by atoms with Crippen LogP contribution in [0, 0.1) is 0 Å². The van der Waals surface area contributed by atoms with Crippen LogP contribution in [0.15, 0.2) is 22.3 Å². The summed E-state index contributed by atoms with van der Waals surface area (Å²) >= 11 is -3.51. The van der Waals surface area contributed by atoms with Crippen molar-refractivity contribution in [3.8, 4) is 0 Å². The molecule has 1 atom stereocenters. The summed E-state index contributed by atoms with van der Waals surface area (Å²) in [5.74, 6) is -0.644. The van der Waals surface area contributed by atoms with Crippen molar-refractivity contribution in [2.75, 3.05) is 0 Å². The summed E-state index contributed by atoms with van der Waals surface area (Å²) in [6.07, 6.45) is 9.23.